The molecule has 0 spiro atoms. The normalized spacial score (nSPS) is 17.5. The smallest absolute Gasteiger partial charge is 0.300 e. The van der Waals surface area contributed by atoms with Gasteiger partial charge in [-0.1, -0.05) is 12.1 Å². The minimum Gasteiger partial charge on any atom is -0.300 e. The van der Waals surface area contributed by atoms with Crippen LogP contribution in [0.2, 0.25) is 0 Å². The van der Waals surface area contributed by atoms with Gasteiger partial charge in [0.05, 0.1) is 10.5 Å². The van der Waals surface area contributed by atoms with E-state index in [4.69, 9.17) is 0 Å². The number of nitrogens with zero attached hydrogens (tertiary/aromatic N) is 2. The predicted octanol–water partition coefficient (Wildman–Crippen LogP) is 3.32. The molecule has 1 aromatic heterocycles. The van der Waals surface area contributed by atoms with Crippen LogP contribution in [0.1, 0.15) is 10.4 Å². The summed E-state index contributed by atoms with van der Waals surface area (Å²) in [5.41, 5.74) is -0.951. The van der Waals surface area contributed by atoms with Crippen molar-refractivity contribution in [1.29, 1.82) is 0 Å². The molecule has 2 aromatic rings. The van der Waals surface area contributed by atoms with Gasteiger partial charge >= 0.3 is 6.18 Å². The van der Waals surface area contributed by atoms with E-state index >= 15 is 0 Å². The van der Waals surface area contributed by atoms with E-state index in [1.807, 2.05) is 11.4 Å². The number of hydrogen-bond acceptors (Lipinski definition) is 4. The molecule has 0 amide bonds. The zero-order valence-corrected chi connectivity index (χ0v) is 15.6. The first-order valence-electron chi connectivity index (χ1n) is 8.19. The Kier molecular flexibility index (Phi) is 5.71. The Labute approximate surface area is 154 Å². The number of halogens is 3. The fourth-order valence-electron chi connectivity index (χ4n) is 2.90. The lowest BCUT2D eigenvalue weighted by Gasteiger charge is -2.34. The van der Waals surface area contributed by atoms with E-state index in [0.717, 1.165) is 25.1 Å². The van der Waals surface area contributed by atoms with Gasteiger partial charge in [-0.2, -0.15) is 17.5 Å². The third-order valence-corrected chi connectivity index (χ3v) is 7.22. The molecule has 4 nitrogen and oxygen atoms in total. The molecular formula is C17H19F3N2O2S2. The number of alkyl halides is 3. The van der Waals surface area contributed by atoms with Crippen LogP contribution in [0.15, 0.2) is 46.7 Å². The lowest BCUT2D eigenvalue weighted by molar-refractivity contribution is -0.137. The zero-order chi connectivity index (χ0) is 18.8. The summed E-state index contributed by atoms with van der Waals surface area (Å²) in [5.74, 6) is 0. The third kappa shape index (κ3) is 4.46. The molecule has 0 radical (unpaired) electrons. The van der Waals surface area contributed by atoms with Crippen molar-refractivity contribution in [3.8, 4) is 0 Å². The molecule has 0 atom stereocenters. The Balaban J connectivity index is 1.63. The lowest BCUT2D eigenvalue weighted by atomic mass is 10.2. The maximum absolute atomic E-state index is 12.8. The fraction of sp³-hybridized carbons (Fsp3) is 0.412. The molecule has 0 N–H and O–H groups in total. The Bertz CT molecular complexity index is 828. The molecule has 1 saturated heterocycles. The van der Waals surface area contributed by atoms with E-state index in [-0.39, 0.29) is 18.0 Å². The number of sulfonamides is 1. The monoisotopic (exact) mass is 404 g/mol. The summed E-state index contributed by atoms with van der Waals surface area (Å²) < 4.78 is 65.1. The highest BCUT2D eigenvalue weighted by molar-refractivity contribution is 7.89. The van der Waals surface area contributed by atoms with Crippen molar-refractivity contribution < 1.29 is 21.6 Å². The number of piperazine rings is 1. The molecule has 3 rings (SSSR count). The van der Waals surface area contributed by atoms with Gasteiger partial charge in [0, 0.05) is 37.6 Å². The number of thiophene rings is 1. The van der Waals surface area contributed by atoms with Gasteiger partial charge in [-0.25, -0.2) is 8.42 Å². The number of rotatable bonds is 5. The predicted molar refractivity (Wildman–Crippen MR) is 94.7 cm³/mol. The summed E-state index contributed by atoms with van der Waals surface area (Å²) in [6, 6.07) is 8.00. The van der Waals surface area contributed by atoms with E-state index in [2.05, 4.69) is 11.0 Å². The highest BCUT2D eigenvalue weighted by atomic mass is 32.2. The Hall–Kier alpha value is -1.42. The Morgan fingerprint density at radius 1 is 1.04 bits per heavy atom. The van der Waals surface area contributed by atoms with Crippen LogP contribution in [0.5, 0.6) is 0 Å². The second-order valence-electron chi connectivity index (χ2n) is 6.10. The van der Waals surface area contributed by atoms with Crippen molar-refractivity contribution >= 4 is 21.4 Å². The van der Waals surface area contributed by atoms with Crippen molar-refractivity contribution in [1.82, 2.24) is 9.21 Å². The average molecular weight is 404 g/mol. The minimum atomic E-state index is -4.56. The second-order valence-corrected chi connectivity index (χ2v) is 9.07. The van der Waals surface area contributed by atoms with Crippen molar-refractivity contribution in [2.75, 3.05) is 32.7 Å². The second kappa shape index (κ2) is 7.67. The molecule has 0 saturated carbocycles. The maximum Gasteiger partial charge on any atom is 0.416 e. The van der Waals surface area contributed by atoms with Crippen molar-refractivity contribution in [3.05, 3.63) is 52.2 Å². The Morgan fingerprint density at radius 3 is 2.38 bits per heavy atom. The first-order chi connectivity index (χ1) is 12.3. The molecule has 2 heterocycles. The van der Waals surface area contributed by atoms with E-state index in [1.165, 1.54) is 15.2 Å². The minimum absolute atomic E-state index is 0.281. The molecular weight excluding hydrogens is 385 g/mol. The number of hydrogen-bond donors (Lipinski definition) is 0. The van der Waals surface area contributed by atoms with Crippen LogP contribution in [0.25, 0.3) is 0 Å². The molecule has 1 aromatic carbocycles. The zero-order valence-electron chi connectivity index (χ0n) is 13.9. The summed E-state index contributed by atoms with van der Waals surface area (Å²) in [5, 5.41) is 2.02. The van der Waals surface area contributed by atoms with Gasteiger partial charge in [0.25, 0.3) is 0 Å². The fourth-order valence-corrected chi connectivity index (χ4v) is 5.07. The van der Waals surface area contributed by atoms with Gasteiger partial charge in [0.15, 0.2) is 0 Å². The quantitative estimate of drug-likeness (QED) is 0.768. The van der Waals surface area contributed by atoms with Crippen LogP contribution in [-0.2, 0) is 22.6 Å². The average Bonchev–Trinajstić information content (AvgIpc) is 3.13. The van der Waals surface area contributed by atoms with E-state index in [0.29, 0.717) is 19.2 Å². The maximum atomic E-state index is 12.8. The van der Waals surface area contributed by atoms with Gasteiger partial charge in [-0.05, 0) is 36.1 Å². The van der Waals surface area contributed by atoms with Crippen LogP contribution in [0.4, 0.5) is 13.2 Å². The summed E-state index contributed by atoms with van der Waals surface area (Å²) in [4.78, 5) is 3.15. The molecule has 1 aliphatic heterocycles. The summed E-state index contributed by atoms with van der Waals surface area (Å²) in [7, 11) is -3.92. The van der Waals surface area contributed by atoms with Crippen LogP contribution in [0.3, 0.4) is 0 Å². The van der Waals surface area contributed by atoms with Crippen LogP contribution in [-0.4, -0.2) is 50.3 Å². The van der Waals surface area contributed by atoms with Gasteiger partial charge in [0.2, 0.25) is 10.0 Å². The van der Waals surface area contributed by atoms with E-state index < -0.39 is 21.8 Å². The van der Waals surface area contributed by atoms with E-state index in [1.54, 1.807) is 11.3 Å². The molecule has 0 aliphatic carbocycles. The Morgan fingerprint density at radius 2 is 1.77 bits per heavy atom. The van der Waals surface area contributed by atoms with Gasteiger partial charge < -0.3 is 4.90 Å². The van der Waals surface area contributed by atoms with Gasteiger partial charge in [-0.15, -0.1) is 11.3 Å². The number of benzene rings is 1. The molecule has 9 heteroatoms. The largest absolute Gasteiger partial charge is 0.416 e. The summed E-state index contributed by atoms with van der Waals surface area (Å²) in [6.07, 6.45) is -3.65. The van der Waals surface area contributed by atoms with Gasteiger partial charge in [0.1, 0.15) is 0 Å². The van der Waals surface area contributed by atoms with Crippen LogP contribution in [0, 0.1) is 0 Å². The van der Waals surface area contributed by atoms with Crippen molar-refractivity contribution in [2.24, 2.45) is 0 Å². The topological polar surface area (TPSA) is 40.6 Å². The molecule has 142 valence electrons. The highest BCUT2D eigenvalue weighted by Gasteiger charge is 2.33. The molecule has 1 fully saturated rings. The standard InChI is InChI=1S/C17H19F3N2O2S2/c18-17(19,20)14-3-1-5-16(13-14)26(23,24)22-10-8-21(9-11-22)7-6-15-4-2-12-25-15/h1-5,12-13H,6-11H2. The highest BCUT2D eigenvalue weighted by Crippen LogP contribution is 2.31. The third-order valence-electron chi connectivity index (χ3n) is 4.38. The van der Waals surface area contributed by atoms with Crippen molar-refractivity contribution in [3.63, 3.8) is 0 Å². The first kappa shape index (κ1) is 19.3. The summed E-state index contributed by atoms with van der Waals surface area (Å²) >= 11 is 1.69. The molecule has 26 heavy (non-hydrogen) atoms. The van der Waals surface area contributed by atoms with Crippen molar-refractivity contribution in [2.45, 2.75) is 17.5 Å². The SMILES string of the molecule is O=S(=O)(c1cccc(C(F)(F)F)c1)N1CCN(CCc2cccs2)CC1. The molecule has 0 unspecified atom stereocenters. The first-order valence-corrected chi connectivity index (χ1v) is 10.5. The van der Waals surface area contributed by atoms with Crippen LogP contribution >= 0.6 is 11.3 Å². The molecule has 1 aliphatic rings. The van der Waals surface area contributed by atoms with Gasteiger partial charge in [-0.3, -0.25) is 0 Å². The molecule has 0 bridgehead atoms. The van der Waals surface area contributed by atoms with Crippen LogP contribution < -0.4 is 0 Å². The van der Waals surface area contributed by atoms with E-state index in [9.17, 15) is 21.6 Å². The summed E-state index contributed by atoms with van der Waals surface area (Å²) in [6.45, 7) is 2.55. The lowest BCUT2D eigenvalue weighted by Crippen LogP contribution is -2.49.